The minimum Gasteiger partial charge on any atom is -0.472 e. The first-order valence-corrected chi connectivity index (χ1v) is 15.9. The lowest BCUT2D eigenvalue weighted by atomic mass is 10.0. The van der Waals surface area contributed by atoms with Crippen molar-refractivity contribution in [1.82, 2.24) is 30.2 Å². The van der Waals surface area contributed by atoms with Crippen molar-refractivity contribution in [3.8, 4) is 23.1 Å². The fraction of sp³-hybridized carbons (Fsp3) is 0.613. The number of aryl methyl sites for hydroxylation is 1. The number of piperazine rings is 1. The van der Waals surface area contributed by atoms with Crippen LogP contribution < -0.4 is 25.4 Å². The summed E-state index contributed by atoms with van der Waals surface area (Å²) in [6.45, 7) is 7.52. The van der Waals surface area contributed by atoms with Crippen molar-refractivity contribution in [3.05, 3.63) is 23.1 Å². The maximum Gasteiger partial charge on any atom is 0.418 e. The first-order valence-electron chi connectivity index (χ1n) is 15.9. The minimum absolute atomic E-state index is 0.0333. The molecule has 8 rings (SSSR count). The van der Waals surface area contributed by atoms with Gasteiger partial charge in [-0.3, -0.25) is 4.90 Å². The zero-order valence-corrected chi connectivity index (χ0v) is 25.7. The highest BCUT2D eigenvalue weighted by Crippen LogP contribution is 2.49. The van der Waals surface area contributed by atoms with Crippen LogP contribution in [0, 0.1) is 18.2 Å². The number of anilines is 2. The number of morpholine rings is 1. The molecule has 3 aromatic rings. The number of nitrogen functional groups attached to an aromatic ring is 1. The first-order chi connectivity index (χ1) is 22.0. The van der Waals surface area contributed by atoms with E-state index in [1.165, 1.54) is 6.92 Å². The van der Waals surface area contributed by atoms with E-state index in [0.717, 1.165) is 51.5 Å². The summed E-state index contributed by atoms with van der Waals surface area (Å²) >= 11 is 0. The van der Waals surface area contributed by atoms with Crippen LogP contribution in [0.15, 0.2) is 6.07 Å². The summed E-state index contributed by atoms with van der Waals surface area (Å²) in [5, 5.41) is 3.55. The largest absolute Gasteiger partial charge is 0.472 e. The molecular formula is C31H36F4N8O3. The van der Waals surface area contributed by atoms with E-state index in [1.807, 2.05) is 11.8 Å². The average Bonchev–Trinajstić information content (AvgIpc) is 3.76. The molecule has 0 spiro atoms. The van der Waals surface area contributed by atoms with Gasteiger partial charge in [-0.1, -0.05) is 0 Å². The van der Waals surface area contributed by atoms with E-state index in [0.29, 0.717) is 44.1 Å². The van der Waals surface area contributed by atoms with Crippen molar-refractivity contribution < 1.29 is 31.8 Å². The molecule has 1 saturated carbocycles. The topological polar surface area (TPSA) is 124 Å². The van der Waals surface area contributed by atoms with E-state index >= 15 is 4.39 Å². The summed E-state index contributed by atoms with van der Waals surface area (Å²) in [5.41, 5.74) is 2.97. The first kappa shape index (κ1) is 29.8. The van der Waals surface area contributed by atoms with Gasteiger partial charge >= 0.3 is 12.2 Å². The molecule has 1 aliphatic carbocycles. The van der Waals surface area contributed by atoms with Crippen LogP contribution in [0.4, 0.5) is 29.2 Å². The van der Waals surface area contributed by atoms with Crippen molar-refractivity contribution in [3.63, 3.8) is 0 Å². The van der Waals surface area contributed by atoms with Gasteiger partial charge in [-0.15, -0.1) is 0 Å². The molecule has 0 amide bonds. The lowest BCUT2D eigenvalue weighted by Crippen LogP contribution is -2.56. The van der Waals surface area contributed by atoms with Gasteiger partial charge < -0.3 is 30.2 Å². The molecule has 4 aliphatic heterocycles. The number of halogens is 4. The van der Waals surface area contributed by atoms with Crippen LogP contribution in [-0.4, -0.2) is 95.1 Å². The monoisotopic (exact) mass is 644 g/mol. The fourth-order valence-corrected chi connectivity index (χ4v) is 7.64. The SMILES string of the molecule is Cc1nc(N)cc(-c2nc3c4c(nc(OCC5(CN6C7CCC6COC7)CC5)nc4c2F)N2CCNC[C@H]2[C@H](C)O3)c1C(F)(F)F. The fourth-order valence-electron chi connectivity index (χ4n) is 7.64. The van der Waals surface area contributed by atoms with Crippen molar-refractivity contribution in [2.75, 3.05) is 56.6 Å². The molecule has 0 aromatic carbocycles. The van der Waals surface area contributed by atoms with Gasteiger partial charge in [-0.05, 0) is 45.6 Å². The third kappa shape index (κ3) is 4.98. The molecule has 7 heterocycles. The van der Waals surface area contributed by atoms with Gasteiger partial charge in [0.15, 0.2) is 5.82 Å². The number of rotatable bonds is 6. The van der Waals surface area contributed by atoms with Gasteiger partial charge in [0, 0.05) is 49.2 Å². The Morgan fingerprint density at radius 3 is 2.61 bits per heavy atom. The van der Waals surface area contributed by atoms with Gasteiger partial charge in [0.2, 0.25) is 5.88 Å². The number of ether oxygens (including phenoxy) is 3. The number of nitrogens with zero attached hydrogens (tertiary/aromatic N) is 6. The van der Waals surface area contributed by atoms with E-state index in [-0.39, 0.29) is 45.8 Å². The van der Waals surface area contributed by atoms with Crippen molar-refractivity contribution in [2.45, 2.75) is 69.9 Å². The number of pyridine rings is 2. The molecule has 2 bridgehead atoms. The van der Waals surface area contributed by atoms with Crippen LogP contribution in [0.2, 0.25) is 0 Å². The molecular weight excluding hydrogens is 608 g/mol. The van der Waals surface area contributed by atoms with Crippen molar-refractivity contribution in [2.24, 2.45) is 5.41 Å². The van der Waals surface area contributed by atoms with Crippen LogP contribution >= 0.6 is 0 Å². The van der Waals surface area contributed by atoms with Gasteiger partial charge in [-0.2, -0.15) is 23.1 Å². The molecule has 46 heavy (non-hydrogen) atoms. The molecule has 4 fully saturated rings. The highest BCUT2D eigenvalue weighted by atomic mass is 19.4. The predicted octanol–water partition coefficient (Wildman–Crippen LogP) is 3.72. The summed E-state index contributed by atoms with van der Waals surface area (Å²) in [5.74, 6) is -0.890. The maximum absolute atomic E-state index is 16.7. The molecule has 3 saturated heterocycles. The van der Waals surface area contributed by atoms with Gasteiger partial charge in [0.25, 0.3) is 0 Å². The Morgan fingerprint density at radius 2 is 1.89 bits per heavy atom. The Balaban J connectivity index is 1.23. The summed E-state index contributed by atoms with van der Waals surface area (Å²) < 4.78 is 78.0. The van der Waals surface area contributed by atoms with Gasteiger partial charge in [0.05, 0.1) is 37.1 Å². The average molecular weight is 645 g/mol. The van der Waals surface area contributed by atoms with E-state index in [2.05, 4.69) is 25.2 Å². The number of nitrogens with one attached hydrogen (secondary N) is 1. The number of aromatic nitrogens is 4. The zero-order valence-electron chi connectivity index (χ0n) is 25.7. The Kier molecular flexibility index (Phi) is 6.96. The normalized spacial score (nSPS) is 26.9. The molecule has 246 valence electrons. The van der Waals surface area contributed by atoms with Crippen molar-refractivity contribution in [1.29, 1.82) is 0 Å². The molecule has 0 radical (unpaired) electrons. The molecule has 4 atom stereocenters. The second-order valence-corrected chi connectivity index (χ2v) is 13.4. The number of hydrogen-bond acceptors (Lipinski definition) is 11. The van der Waals surface area contributed by atoms with Crippen LogP contribution in [0.25, 0.3) is 22.2 Å². The molecule has 5 aliphatic rings. The minimum atomic E-state index is -4.85. The maximum atomic E-state index is 16.7. The molecule has 3 aromatic heterocycles. The number of alkyl halides is 3. The standard InChI is InChI=1S/C31H36F4N8O3/c1-15-23(31(33,34)35)19(9-21(36)38-15)25-24(32)26-22-27(42-8-7-37-10-20(42)16(2)46-28(22)39-25)41-29(40-26)45-14-30(5-6-30)13-43-17-3-4-18(43)12-44-11-17/h9,16-18,20,37H,3-8,10-14H2,1-2H3,(H2,36,38)/t16-,17?,18?,20-/m0/s1. The molecule has 15 heteroatoms. The van der Waals surface area contributed by atoms with E-state index in [9.17, 15) is 13.2 Å². The summed E-state index contributed by atoms with van der Waals surface area (Å²) in [6, 6.07) is 1.59. The highest BCUT2D eigenvalue weighted by molar-refractivity contribution is 5.97. The summed E-state index contributed by atoms with van der Waals surface area (Å²) in [7, 11) is 0. The smallest absolute Gasteiger partial charge is 0.418 e. The summed E-state index contributed by atoms with van der Waals surface area (Å²) in [6.07, 6.45) is -1.06. The van der Waals surface area contributed by atoms with Crippen LogP contribution in [-0.2, 0) is 10.9 Å². The second-order valence-electron chi connectivity index (χ2n) is 13.4. The van der Waals surface area contributed by atoms with Crippen LogP contribution in [0.3, 0.4) is 0 Å². The predicted molar refractivity (Wildman–Crippen MR) is 160 cm³/mol. The Labute approximate surface area is 262 Å². The van der Waals surface area contributed by atoms with Gasteiger partial charge in [0.1, 0.15) is 34.3 Å². The second kappa shape index (κ2) is 10.7. The third-order valence-corrected chi connectivity index (χ3v) is 10.2. The van der Waals surface area contributed by atoms with E-state index < -0.39 is 34.9 Å². The number of nitrogens with two attached hydrogens (primary N) is 1. The molecule has 2 unspecified atom stereocenters. The summed E-state index contributed by atoms with van der Waals surface area (Å²) in [4.78, 5) is 22.0. The zero-order chi connectivity index (χ0) is 32.0. The Morgan fingerprint density at radius 1 is 1.13 bits per heavy atom. The Hall–Kier alpha value is -3.56. The Bertz CT molecular complexity index is 1690. The van der Waals surface area contributed by atoms with Crippen LogP contribution in [0.5, 0.6) is 11.9 Å². The van der Waals surface area contributed by atoms with Crippen molar-refractivity contribution >= 4 is 22.5 Å². The highest BCUT2D eigenvalue weighted by Gasteiger charge is 2.50. The lowest BCUT2D eigenvalue weighted by molar-refractivity contribution is -0.137. The lowest BCUT2D eigenvalue weighted by Gasteiger charge is -2.38. The number of fused-ring (bicyclic) bond motifs is 4. The number of hydrogen-bond donors (Lipinski definition) is 2. The van der Waals surface area contributed by atoms with Crippen LogP contribution in [0.1, 0.15) is 43.9 Å². The molecule has 3 N–H and O–H groups in total. The molecule has 11 nitrogen and oxygen atoms in total. The third-order valence-electron chi connectivity index (χ3n) is 10.2. The van der Waals surface area contributed by atoms with Gasteiger partial charge in [-0.25, -0.2) is 14.4 Å². The van der Waals surface area contributed by atoms with E-state index in [1.54, 1.807) is 0 Å². The van der Waals surface area contributed by atoms with E-state index in [4.69, 9.17) is 24.9 Å². The quantitative estimate of drug-likeness (QED) is 0.382.